The molecular weight excluding hydrogens is 414 g/mol. The van der Waals surface area contributed by atoms with E-state index in [0.717, 1.165) is 12.0 Å². The molecule has 0 saturated carbocycles. The standard InChI is InChI=1S/C23H29N3O4S/c1-3-7-22(27)24-20-9-4-5-10-21(20)25-23(28)18-8-6-15-26(16-18)31(29,30)19-13-11-17(2)12-14-19/h4-5,9-14,18H,3,6-8,15-16H2,1-2H3,(H,24,27)(H,25,28). The number of carbonyl (C=O) groups excluding carboxylic acids is 2. The number of piperidine rings is 1. The maximum Gasteiger partial charge on any atom is 0.243 e. The molecule has 1 saturated heterocycles. The number of aryl methyl sites for hydroxylation is 1. The maximum atomic E-state index is 13.0. The molecule has 2 aromatic rings. The van der Waals surface area contributed by atoms with E-state index < -0.39 is 15.9 Å². The van der Waals surface area contributed by atoms with Crippen molar-refractivity contribution < 1.29 is 18.0 Å². The Morgan fingerprint density at radius 3 is 2.32 bits per heavy atom. The molecule has 2 aromatic carbocycles. The highest BCUT2D eigenvalue weighted by molar-refractivity contribution is 7.89. The largest absolute Gasteiger partial charge is 0.324 e. The van der Waals surface area contributed by atoms with Crippen LogP contribution in [-0.4, -0.2) is 37.6 Å². The zero-order chi connectivity index (χ0) is 22.4. The first kappa shape index (κ1) is 23.0. The molecule has 8 heteroatoms. The molecule has 1 fully saturated rings. The summed E-state index contributed by atoms with van der Waals surface area (Å²) in [6, 6.07) is 13.8. The highest BCUT2D eigenvalue weighted by atomic mass is 32.2. The third-order valence-corrected chi connectivity index (χ3v) is 7.23. The van der Waals surface area contributed by atoms with Crippen molar-refractivity contribution in [1.29, 1.82) is 0 Å². The first-order valence-corrected chi connectivity index (χ1v) is 12.0. The minimum absolute atomic E-state index is 0.114. The number of amides is 2. The predicted molar refractivity (Wildman–Crippen MR) is 121 cm³/mol. The van der Waals surface area contributed by atoms with Gasteiger partial charge in [-0.05, 0) is 50.5 Å². The van der Waals surface area contributed by atoms with Gasteiger partial charge >= 0.3 is 0 Å². The van der Waals surface area contributed by atoms with Crippen LogP contribution in [0.25, 0.3) is 0 Å². The molecular formula is C23H29N3O4S. The minimum atomic E-state index is -3.65. The quantitative estimate of drug-likeness (QED) is 0.681. The molecule has 1 atom stereocenters. The Morgan fingerprint density at radius 1 is 1.03 bits per heavy atom. The van der Waals surface area contributed by atoms with Gasteiger partial charge < -0.3 is 10.6 Å². The average Bonchev–Trinajstić information content (AvgIpc) is 2.75. The second-order valence-electron chi connectivity index (χ2n) is 7.85. The number of carbonyl (C=O) groups is 2. The Labute approximate surface area is 183 Å². The van der Waals surface area contributed by atoms with Crippen LogP contribution in [-0.2, 0) is 19.6 Å². The van der Waals surface area contributed by atoms with Crippen LogP contribution in [0.4, 0.5) is 11.4 Å². The van der Waals surface area contributed by atoms with Crippen LogP contribution in [0.1, 0.15) is 38.2 Å². The fourth-order valence-corrected chi connectivity index (χ4v) is 5.13. The third kappa shape index (κ3) is 5.71. The van der Waals surface area contributed by atoms with E-state index in [1.165, 1.54) is 4.31 Å². The van der Waals surface area contributed by atoms with Gasteiger partial charge in [-0.25, -0.2) is 8.42 Å². The molecule has 2 amide bonds. The maximum absolute atomic E-state index is 13.0. The van der Waals surface area contributed by atoms with E-state index in [9.17, 15) is 18.0 Å². The van der Waals surface area contributed by atoms with Crippen LogP contribution < -0.4 is 10.6 Å². The normalized spacial score (nSPS) is 17.2. The number of benzene rings is 2. The van der Waals surface area contributed by atoms with Gasteiger partial charge in [0.1, 0.15) is 0 Å². The molecule has 0 aliphatic carbocycles. The Hall–Kier alpha value is -2.71. The van der Waals surface area contributed by atoms with Gasteiger partial charge in [0.25, 0.3) is 0 Å². The lowest BCUT2D eigenvalue weighted by molar-refractivity contribution is -0.121. The monoisotopic (exact) mass is 443 g/mol. The molecule has 166 valence electrons. The molecule has 31 heavy (non-hydrogen) atoms. The summed E-state index contributed by atoms with van der Waals surface area (Å²) in [5.41, 5.74) is 2.03. The van der Waals surface area contributed by atoms with Crippen molar-refractivity contribution in [3.63, 3.8) is 0 Å². The smallest absolute Gasteiger partial charge is 0.243 e. The summed E-state index contributed by atoms with van der Waals surface area (Å²) in [4.78, 5) is 25.1. The number of nitrogens with zero attached hydrogens (tertiary/aromatic N) is 1. The lowest BCUT2D eigenvalue weighted by atomic mass is 9.98. The minimum Gasteiger partial charge on any atom is -0.324 e. The first-order chi connectivity index (χ1) is 14.8. The molecule has 1 unspecified atom stereocenters. The van der Waals surface area contributed by atoms with Gasteiger partial charge in [-0.2, -0.15) is 4.31 Å². The lowest BCUT2D eigenvalue weighted by Crippen LogP contribution is -2.43. The highest BCUT2D eigenvalue weighted by Crippen LogP contribution is 2.27. The number of anilines is 2. The zero-order valence-corrected chi connectivity index (χ0v) is 18.7. The van der Waals surface area contributed by atoms with E-state index in [-0.39, 0.29) is 23.3 Å². The Bertz CT molecular complexity index is 1040. The number of para-hydroxylation sites is 2. The Morgan fingerprint density at radius 2 is 1.68 bits per heavy atom. The van der Waals surface area contributed by atoms with Gasteiger partial charge in [0.05, 0.1) is 22.2 Å². The Balaban J connectivity index is 1.71. The number of sulfonamides is 1. The first-order valence-electron chi connectivity index (χ1n) is 10.6. The summed E-state index contributed by atoms with van der Waals surface area (Å²) in [6.07, 6.45) is 2.35. The highest BCUT2D eigenvalue weighted by Gasteiger charge is 2.33. The third-order valence-electron chi connectivity index (χ3n) is 5.35. The lowest BCUT2D eigenvalue weighted by Gasteiger charge is -2.31. The summed E-state index contributed by atoms with van der Waals surface area (Å²) in [5, 5.41) is 5.69. The number of rotatable bonds is 7. The van der Waals surface area contributed by atoms with Crippen molar-refractivity contribution in [1.82, 2.24) is 4.31 Å². The van der Waals surface area contributed by atoms with Crippen LogP contribution in [0.15, 0.2) is 53.4 Å². The van der Waals surface area contributed by atoms with E-state index in [0.29, 0.717) is 37.2 Å². The van der Waals surface area contributed by atoms with E-state index in [2.05, 4.69) is 10.6 Å². The van der Waals surface area contributed by atoms with Crippen LogP contribution in [0.3, 0.4) is 0 Å². The molecule has 2 N–H and O–H groups in total. The summed E-state index contributed by atoms with van der Waals surface area (Å²) in [7, 11) is -3.65. The van der Waals surface area contributed by atoms with Gasteiger partial charge in [0, 0.05) is 19.5 Å². The zero-order valence-electron chi connectivity index (χ0n) is 17.9. The second-order valence-corrected chi connectivity index (χ2v) is 9.79. The van der Waals surface area contributed by atoms with Crippen LogP contribution in [0.2, 0.25) is 0 Å². The van der Waals surface area contributed by atoms with Crippen molar-refractivity contribution in [3.05, 3.63) is 54.1 Å². The SMILES string of the molecule is CCCC(=O)Nc1ccccc1NC(=O)C1CCCN(S(=O)(=O)c2ccc(C)cc2)C1. The fourth-order valence-electron chi connectivity index (χ4n) is 3.61. The predicted octanol–water partition coefficient (Wildman–Crippen LogP) is 3.77. The molecule has 0 aromatic heterocycles. The van der Waals surface area contributed by atoms with E-state index in [4.69, 9.17) is 0 Å². The molecule has 0 spiro atoms. The summed E-state index contributed by atoms with van der Waals surface area (Å²) < 4.78 is 27.4. The second kappa shape index (κ2) is 10.1. The van der Waals surface area contributed by atoms with Crippen molar-refractivity contribution in [3.8, 4) is 0 Å². The van der Waals surface area contributed by atoms with Gasteiger partial charge in [0.2, 0.25) is 21.8 Å². The molecule has 0 bridgehead atoms. The van der Waals surface area contributed by atoms with Crippen molar-refractivity contribution in [2.45, 2.75) is 44.4 Å². The van der Waals surface area contributed by atoms with E-state index in [1.54, 1.807) is 48.5 Å². The van der Waals surface area contributed by atoms with Gasteiger partial charge in [-0.1, -0.05) is 36.8 Å². The van der Waals surface area contributed by atoms with Crippen molar-refractivity contribution >= 4 is 33.2 Å². The van der Waals surface area contributed by atoms with Crippen LogP contribution >= 0.6 is 0 Å². The van der Waals surface area contributed by atoms with Crippen molar-refractivity contribution in [2.24, 2.45) is 5.92 Å². The summed E-state index contributed by atoms with van der Waals surface area (Å²) in [5.74, 6) is -0.827. The summed E-state index contributed by atoms with van der Waals surface area (Å²) >= 11 is 0. The van der Waals surface area contributed by atoms with Gasteiger partial charge in [-0.3, -0.25) is 9.59 Å². The average molecular weight is 444 g/mol. The molecule has 3 rings (SSSR count). The number of hydrogen-bond donors (Lipinski definition) is 2. The Kier molecular flexibility index (Phi) is 7.46. The van der Waals surface area contributed by atoms with Gasteiger partial charge in [-0.15, -0.1) is 0 Å². The fraction of sp³-hybridized carbons (Fsp3) is 0.391. The van der Waals surface area contributed by atoms with E-state index in [1.807, 2.05) is 13.8 Å². The molecule has 7 nitrogen and oxygen atoms in total. The van der Waals surface area contributed by atoms with Gasteiger partial charge in [0.15, 0.2) is 0 Å². The van der Waals surface area contributed by atoms with Crippen LogP contribution in [0.5, 0.6) is 0 Å². The topological polar surface area (TPSA) is 95.6 Å². The molecule has 1 heterocycles. The van der Waals surface area contributed by atoms with Crippen LogP contribution in [0, 0.1) is 12.8 Å². The number of hydrogen-bond acceptors (Lipinski definition) is 4. The molecule has 1 aliphatic rings. The number of nitrogens with one attached hydrogen (secondary N) is 2. The molecule has 0 radical (unpaired) electrons. The molecule has 1 aliphatic heterocycles. The summed E-state index contributed by atoms with van der Waals surface area (Å²) in [6.45, 7) is 4.35. The van der Waals surface area contributed by atoms with Crippen molar-refractivity contribution in [2.75, 3.05) is 23.7 Å². The van der Waals surface area contributed by atoms with E-state index >= 15 is 0 Å².